The van der Waals surface area contributed by atoms with Crippen LogP contribution in [0.3, 0.4) is 0 Å². The molecule has 0 aliphatic carbocycles. The number of benzene rings is 1. The number of anilines is 1. The van der Waals surface area contributed by atoms with Crippen LogP contribution in [0.2, 0.25) is 0 Å². The molecule has 4 amide bonds. The average molecular weight is 421 g/mol. The van der Waals surface area contributed by atoms with E-state index in [2.05, 4.69) is 15.7 Å². The van der Waals surface area contributed by atoms with Gasteiger partial charge in [0.2, 0.25) is 5.91 Å². The Labute approximate surface area is 179 Å². The average Bonchev–Trinajstić information content (AvgIpc) is 3.41. The van der Waals surface area contributed by atoms with E-state index in [1.807, 2.05) is 38.1 Å². The van der Waals surface area contributed by atoms with E-state index in [0.29, 0.717) is 17.1 Å². The van der Waals surface area contributed by atoms with Crippen LogP contribution in [0, 0.1) is 20.8 Å². The number of imide groups is 1. The van der Waals surface area contributed by atoms with Crippen molar-refractivity contribution in [2.24, 2.45) is 0 Å². The van der Waals surface area contributed by atoms with Gasteiger partial charge in [-0.05, 0) is 52.0 Å². The lowest BCUT2D eigenvalue weighted by atomic mass is 9.99. The van der Waals surface area contributed by atoms with Crippen molar-refractivity contribution in [1.29, 1.82) is 0 Å². The minimum atomic E-state index is -1.34. The van der Waals surface area contributed by atoms with Crippen LogP contribution in [-0.4, -0.2) is 39.1 Å². The van der Waals surface area contributed by atoms with Gasteiger partial charge in [-0.2, -0.15) is 5.10 Å². The van der Waals surface area contributed by atoms with E-state index in [0.717, 1.165) is 21.8 Å². The molecule has 3 aromatic rings. The highest BCUT2D eigenvalue weighted by molar-refractivity contribution is 6.10. The molecule has 0 saturated carbocycles. The number of amides is 4. The van der Waals surface area contributed by atoms with Gasteiger partial charge in [0.05, 0.1) is 29.0 Å². The third-order valence-corrected chi connectivity index (χ3v) is 5.42. The Balaban J connectivity index is 1.51. The van der Waals surface area contributed by atoms with Crippen molar-refractivity contribution in [3.63, 3.8) is 0 Å². The zero-order valence-electron chi connectivity index (χ0n) is 17.7. The fourth-order valence-corrected chi connectivity index (χ4v) is 3.65. The Kier molecular flexibility index (Phi) is 4.88. The summed E-state index contributed by atoms with van der Waals surface area (Å²) in [6, 6.07) is 10.4. The number of hydrogen-bond donors (Lipinski definition) is 2. The van der Waals surface area contributed by atoms with Crippen LogP contribution in [0.15, 0.2) is 47.1 Å². The maximum Gasteiger partial charge on any atom is 0.325 e. The molecule has 1 aliphatic heterocycles. The summed E-state index contributed by atoms with van der Waals surface area (Å²) in [4.78, 5) is 38.8. The van der Waals surface area contributed by atoms with E-state index in [-0.39, 0.29) is 0 Å². The van der Waals surface area contributed by atoms with Crippen LogP contribution in [0.5, 0.6) is 0 Å². The quantitative estimate of drug-likeness (QED) is 0.616. The molecule has 0 spiro atoms. The van der Waals surface area contributed by atoms with Gasteiger partial charge in [0.15, 0.2) is 5.54 Å². The lowest BCUT2D eigenvalue weighted by Gasteiger charge is -2.18. The molecule has 1 saturated heterocycles. The summed E-state index contributed by atoms with van der Waals surface area (Å²) in [6.45, 7) is 6.76. The van der Waals surface area contributed by atoms with Gasteiger partial charge in [0, 0.05) is 0 Å². The van der Waals surface area contributed by atoms with Crippen molar-refractivity contribution in [2.75, 3.05) is 11.9 Å². The van der Waals surface area contributed by atoms with Crippen LogP contribution in [0.25, 0.3) is 5.69 Å². The van der Waals surface area contributed by atoms with Crippen molar-refractivity contribution < 1.29 is 18.8 Å². The number of aryl methyl sites for hydroxylation is 2. The standard InChI is InChI=1S/C22H23N5O4/c1-13-7-9-16(10-8-13)27-15(3)19(14(2)25-27)23-18(28)12-26-20(29)22(4,24-21(26)30)17-6-5-11-31-17/h5-11H,12H2,1-4H3,(H,23,28)(H,24,30). The van der Waals surface area contributed by atoms with E-state index in [1.54, 1.807) is 30.7 Å². The van der Waals surface area contributed by atoms with Crippen molar-refractivity contribution in [3.05, 3.63) is 65.4 Å². The molecule has 1 aromatic carbocycles. The molecule has 1 unspecified atom stereocenters. The zero-order chi connectivity index (χ0) is 22.3. The SMILES string of the molecule is Cc1ccc(-n2nc(C)c(NC(=O)CN3C(=O)NC(C)(c4ccco4)C3=O)c2C)cc1. The second-order valence-electron chi connectivity index (χ2n) is 7.77. The first-order chi connectivity index (χ1) is 14.7. The Hall–Kier alpha value is -3.88. The first kappa shape index (κ1) is 20.4. The molecule has 9 nitrogen and oxygen atoms in total. The number of nitrogens with one attached hydrogen (secondary N) is 2. The summed E-state index contributed by atoms with van der Waals surface area (Å²) in [5, 5.41) is 9.90. The molecule has 2 aromatic heterocycles. The number of rotatable bonds is 5. The van der Waals surface area contributed by atoms with Crippen molar-refractivity contribution in [1.82, 2.24) is 20.0 Å². The summed E-state index contributed by atoms with van der Waals surface area (Å²) < 4.78 is 7.04. The van der Waals surface area contributed by atoms with Gasteiger partial charge in [0.25, 0.3) is 5.91 Å². The molecule has 3 heterocycles. The molecule has 31 heavy (non-hydrogen) atoms. The van der Waals surface area contributed by atoms with Crippen molar-refractivity contribution in [2.45, 2.75) is 33.2 Å². The van der Waals surface area contributed by atoms with Crippen LogP contribution in [0.4, 0.5) is 10.5 Å². The van der Waals surface area contributed by atoms with Crippen LogP contribution in [0.1, 0.15) is 29.6 Å². The van der Waals surface area contributed by atoms with Gasteiger partial charge in [-0.15, -0.1) is 0 Å². The van der Waals surface area contributed by atoms with E-state index in [9.17, 15) is 14.4 Å². The molecule has 160 valence electrons. The van der Waals surface area contributed by atoms with E-state index >= 15 is 0 Å². The monoisotopic (exact) mass is 421 g/mol. The molecular formula is C22H23N5O4. The number of furan rings is 1. The highest BCUT2D eigenvalue weighted by Crippen LogP contribution is 2.29. The first-order valence-corrected chi connectivity index (χ1v) is 9.82. The van der Waals surface area contributed by atoms with Crippen molar-refractivity contribution >= 4 is 23.5 Å². The second-order valence-corrected chi connectivity index (χ2v) is 7.77. The number of carbonyl (C=O) groups is 3. The van der Waals surface area contributed by atoms with Gasteiger partial charge in [-0.25, -0.2) is 9.48 Å². The first-order valence-electron chi connectivity index (χ1n) is 9.82. The fraction of sp³-hybridized carbons (Fsp3) is 0.273. The van der Waals surface area contributed by atoms with E-state index in [1.165, 1.54) is 6.26 Å². The molecule has 2 N–H and O–H groups in total. The summed E-state index contributed by atoms with van der Waals surface area (Å²) in [7, 11) is 0. The molecule has 1 fully saturated rings. The highest BCUT2D eigenvalue weighted by atomic mass is 16.3. The van der Waals surface area contributed by atoms with Gasteiger partial charge < -0.3 is 15.1 Å². The minimum Gasteiger partial charge on any atom is -0.466 e. The second kappa shape index (κ2) is 7.42. The molecule has 0 radical (unpaired) electrons. The lowest BCUT2D eigenvalue weighted by Crippen LogP contribution is -2.41. The molecular weight excluding hydrogens is 398 g/mol. The van der Waals surface area contributed by atoms with Gasteiger partial charge in [-0.1, -0.05) is 17.7 Å². The number of aromatic nitrogens is 2. The predicted octanol–water partition coefficient (Wildman–Crippen LogP) is 2.80. The van der Waals surface area contributed by atoms with Gasteiger partial charge >= 0.3 is 6.03 Å². The number of nitrogens with zero attached hydrogens (tertiary/aromatic N) is 3. The third kappa shape index (κ3) is 3.48. The Morgan fingerprint density at radius 2 is 1.87 bits per heavy atom. The fourth-order valence-electron chi connectivity index (χ4n) is 3.65. The number of carbonyl (C=O) groups excluding carboxylic acids is 3. The minimum absolute atomic E-state index is 0.305. The largest absolute Gasteiger partial charge is 0.466 e. The molecule has 9 heteroatoms. The van der Waals surface area contributed by atoms with Gasteiger partial charge in [-0.3, -0.25) is 14.5 Å². The molecule has 4 rings (SSSR count). The summed E-state index contributed by atoms with van der Waals surface area (Å²) in [5.74, 6) is -0.743. The Bertz CT molecular complexity index is 1160. The lowest BCUT2D eigenvalue weighted by molar-refractivity contribution is -0.134. The Morgan fingerprint density at radius 3 is 2.52 bits per heavy atom. The smallest absolute Gasteiger partial charge is 0.325 e. The number of hydrogen-bond acceptors (Lipinski definition) is 5. The maximum absolute atomic E-state index is 12.9. The number of urea groups is 1. The third-order valence-electron chi connectivity index (χ3n) is 5.42. The zero-order valence-corrected chi connectivity index (χ0v) is 17.7. The van der Waals surface area contributed by atoms with Crippen LogP contribution >= 0.6 is 0 Å². The normalized spacial score (nSPS) is 18.4. The molecule has 1 atom stereocenters. The predicted molar refractivity (Wildman–Crippen MR) is 113 cm³/mol. The van der Waals surface area contributed by atoms with Crippen LogP contribution < -0.4 is 10.6 Å². The highest BCUT2D eigenvalue weighted by Gasteiger charge is 2.51. The summed E-state index contributed by atoms with van der Waals surface area (Å²) in [6.07, 6.45) is 1.42. The van der Waals surface area contributed by atoms with Crippen molar-refractivity contribution in [3.8, 4) is 5.69 Å². The van der Waals surface area contributed by atoms with E-state index in [4.69, 9.17) is 4.42 Å². The molecule has 1 aliphatic rings. The van der Waals surface area contributed by atoms with E-state index < -0.39 is 29.9 Å². The maximum atomic E-state index is 12.9. The summed E-state index contributed by atoms with van der Waals surface area (Å²) in [5.41, 5.74) is 2.58. The van der Waals surface area contributed by atoms with Crippen LogP contribution in [-0.2, 0) is 15.1 Å². The molecule has 0 bridgehead atoms. The summed E-state index contributed by atoms with van der Waals surface area (Å²) >= 11 is 0. The van der Waals surface area contributed by atoms with Gasteiger partial charge in [0.1, 0.15) is 12.3 Å². The topological polar surface area (TPSA) is 109 Å². The Morgan fingerprint density at radius 1 is 1.16 bits per heavy atom.